The number of para-hydroxylation sites is 1. The normalized spacial score (nSPS) is 11.7. The monoisotopic (exact) mass is 495 g/mol. The largest absolute Gasteiger partial charge is 0.339 e. The van der Waals surface area contributed by atoms with Gasteiger partial charge in [0.1, 0.15) is 0 Å². The number of aryl methyl sites for hydroxylation is 2. The number of pyridine rings is 2. The quantitative estimate of drug-likeness (QED) is 0.272. The van der Waals surface area contributed by atoms with Gasteiger partial charge >= 0.3 is 0 Å². The SMILES string of the molecule is CCn1c2c(-c3cnn(Cc4ccc5ccccc5n4)c3)cc(Br)cc2c2ccnc(C)c21. The fraction of sp³-hybridized carbons (Fsp3) is 0.148. The fourth-order valence-electron chi connectivity index (χ4n) is 4.81. The second kappa shape index (κ2) is 7.81. The molecule has 0 saturated heterocycles. The minimum Gasteiger partial charge on any atom is -0.339 e. The topological polar surface area (TPSA) is 48.5 Å². The van der Waals surface area contributed by atoms with Gasteiger partial charge in [0.25, 0.3) is 0 Å². The summed E-state index contributed by atoms with van der Waals surface area (Å²) in [5, 5.41) is 8.28. The molecule has 0 saturated carbocycles. The van der Waals surface area contributed by atoms with Gasteiger partial charge in [-0.1, -0.05) is 40.2 Å². The second-order valence-electron chi connectivity index (χ2n) is 8.31. The van der Waals surface area contributed by atoms with Crippen molar-refractivity contribution in [2.75, 3.05) is 0 Å². The highest BCUT2D eigenvalue weighted by atomic mass is 79.9. The first kappa shape index (κ1) is 20.1. The van der Waals surface area contributed by atoms with Crippen molar-refractivity contribution in [2.45, 2.75) is 26.9 Å². The summed E-state index contributed by atoms with van der Waals surface area (Å²) < 4.78 is 5.39. The highest BCUT2D eigenvalue weighted by molar-refractivity contribution is 9.10. The second-order valence-corrected chi connectivity index (χ2v) is 9.22. The van der Waals surface area contributed by atoms with Crippen molar-refractivity contribution in [3.8, 4) is 11.1 Å². The third kappa shape index (κ3) is 3.33. The number of fused-ring (bicyclic) bond motifs is 4. The first-order valence-electron chi connectivity index (χ1n) is 11.1. The zero-order chi connectivity index (χ0) is 22.5. The molecule has 0 unspecified atom stereocenters. The predicted octanol–water partition coefficient (Wildman–Crippen LogP) is 6.74. The molecule has 0 aliphatic heterocycles. The first-order valence-corrected chi connectivity index (χ1v) is 11.9. The van der Waals surface area contributed by atoms with Gasteiger partial charge in [0.2, 0.25) is 0 Å². The number of halogens is 1. The van der Waals surface area contributed by atoms with Crippen molar-refractivity contribution >= 4 is 48.6 Å². The zero-order valence-corrected chi connectivity index (χ0v) is 20.0. The fourth-order valence-corrected chi connectivity index (χ4v) is 5.27. The van der Waals surface area contributed by atoms with Crippen molar-refractivity contribution in [1.29, 1.82) is 0 Å². The van der Waals surface area contributed by atoms with Crippen molar-refractivity contribution in [1.82, 2.24) is 24.3 Å². The average molecular weight is 496 g/mol. The summed E-state index contributed by atoms with van der Waals surface area (Å²) in [5.41, 5.74) is 7.71. The number of nitrogens with zero attached hydrogens (tertiary/aromatic N) is 5. The smallest absolute Gasteiger partial charge is 0.0831 e. The van der Waals surface area contributed by atoms with Gasteiger partial charge in [-0.15, -0.1) is 0 Å². The standard InChI is InChI=1S/C27H22BrN5/c1-3-33-26-17(2)29-11-10-22(26)24-13-20(28)12-23(27(24)33)19-14-30-32(15-19)16-21-9-8-18-6-4-5-7-25(18)31-21/h4-15H,3,16H2,1-2H3. The van der Waals surface area contributed by atoms with Crippen LogP contribution in [0, 0.1) is 6.92 Å². The van der Waals surface area contributed by atoms with E-state index in [1.807, 2.05) is 35.3 Å². The highest BCUT2D eigenvalue weighted by Gasteiger charge is 2.18. The van der Waals surface area contributed by atoms with E-state index in [0.29, 0.717) is 6.54 Å². The molecule has 0 N–H and O–H groups in total. The summed E-state index contributed by atoms with van der Waals surface area (Å²) in [6, 6.07) is 18.9. The Morgan fingerprint density at radius 3 is 2.73 bits per heavy atom. The molecule has 6 rings (SSSR count). The number of aromatic nitrogens is 5. The Morgan fingerprint density at radius 2 is 1.85 bits per heavy atom. The Bertz CT molecular complexity index is 1660. The Hall–Kier alpha value is -3.51. The van der Waals surface area contributed by atoms with E-state index in [2.05, 4.69) is 87.0 Å². The van der Waals surface area contributed by atoms with E-state index in [9.17, 15) is 0 Å². The predicted molar refractivity (Wildman–Crippen MR) is 137 cm³/mol. The summed E-state index contributed by atoms with van der Waals surface area (Å²) >= 11 is 3.74. The maximum atomic E-state index is 4.80. The van der Waals surface area contributed by atoms with Crippen LogP contribution in [-0.4, -0.2) is 24.3 Å². The number of hydrogen-bond acceptors (Lipinski definition) is 3. The number of benzene rings is 2. The molecule has 0 radical (unpaired) electrons. The number of hydrogen-bond donors (Lipinski definition) is 0. The Labute approximate surface area is 199 Å². The van der Waals surface area contributed by atoms with E-state index in [1.165, 1.54) is 21.8 Å². The van der Waals surface area contributed by atoms with E-state index in [0.717, 1.165) is 44.4 Å². The van der Waals surface area contributed by atoms with Crippen molar-refractivity contribution in [2.24, 2.45) is 0 Å². The molecule has 0 bridgehead atoms. The van der Waals surface area contributed by atoms with E-state index in [1.54, 1.807) is 0 Å². The molecular weight excluding hydrogens is 474 g/mol. The van der Waals surface area contributed by atoms with Crippen LogP contribution < -0.4 is 0 Å². The number of rotatable bonds is 4. The van der Waals surface area contributed by atoms with Gasteiger partial charge in [-0.05, 0) is 44.2 Å². The van der Waals surface area contributed by atoms with E-state index in [4.69, 9.17) is 4.98 Å². The Morgan fingerprint density at radius 1 is 0.970 bits per heavy atom. The van der Waals surface area contributed by atoms with Crippen LogP contribution in [0.2, 0.25) is 0 Å². The molecule has 0 aliphatic carbocycles. The molecule has 0 atom stereocenters. The molecule has 4 heterocycles. The van der Waals surface area contributed by atoms with Crippen LogP contribution in [0.5, 0.6) is 0 Å². The first-order chi connectivity index (χ1) is 16.1. The van der Waals surface area contributed by atoms with E-state index in [-0.39, 0.29) is 0 Å². The molecule has 0 amide bonds. The lowest BCUT2D eigenvalue weighted by Gasteiger charge is -2.09. The molecule has 2 aromatic carbocycles. The van der Waals surface area contributed by atoms with Crippen LogP contribution in [0.1, 0.15) is 18.3 Å². The zero-order valence-electron chi connectivity index (χ0n) is 18.5. The minimum atomic E-state index is 0.627. The van der Waals surface area contributed by atoms with Crippen molar-refractivity contribution in [3.05, 3.63) is 89.0 Å². The molecule has 0 aliphatic rings. The molecule has 6 aromatic rings. The van der Waals surface area contributed by atoms with Crippen molar-refractivity contribution in [3.63, 3.8) is 0 Å². The molecular formula is C27H22BrN5. The van der Waals surface area contributed by atoms with Gasteiger partial charge < -0.3 is 4.57 Å². The average Bonchev–Trinajstić information content (AvgIpc) is 3.41. The summed E-state index contributed by atoms with van der Waals surface area (Å²) in [7, 11) is 0. The Kier molecular flexibility index (Phi) is 4.76. The summed E-state index contributed by atoms with van der Waals surface area (Å²) in [6.45, 7) is 5.76. The summed E-state index contributed by atoms with van der Waals surface area (Å²) in [6.07, 6.45) is 5.96. The third-order valence-corrected chi connectivity index (χ3v) is 6.71. The van der Waals surface area contributed by atoms with E-state index < -0.39 is 0 Å². The lowest BCUT2D eigenvalue weighted by Crippen LogP contribution is -2.02. The molecule has 0 fully saturated rings. The van der Waals surface area contributed by atoms with Crippen LogP contribution in [-0.2, 0) is 13.1 Å². The van der Waals surface area contributed by atoms with Gasteiger partial charge in [0.05, 0.1) is 40.7 Å². The molecule has 0 spiro atoms. The van der Waals surface area contributed by atoms with Crippen LogP contribution in [0.15, 0.2) is 77.7 Å². The molecule has 4 aromatic heterocycles. The molecule has 33 heavy (non-hydrogen) atoms. The minimum absolute atomic E-state index is 0.627. The maximum Gasteiger partial charge on any atom is 0.0831 e. The van der Waals surface area contributed by atoms with Gasteiger partial charge in [-0.25, -0.2) is 0 Å². The molecule has 6 heteroatoms. The lowest BCUT2D eigenvalue weighted by molar-refractivity contribution is 0.675. The molecule has 162 valence electrons. The highest BCUT2D eigenvalue weighted by Crippen LogP contribution is 2.38. The molecule has 5 nitrogen and oxygen atoms in total. The summed E-state index contributed by atoms with van der Waals surface area (Å²) in [5.74, 6) is 0. The van der Waals surface area contributed by atoms with Gasteiger partial charge in [-0.3, -0.25) is 14.6 Å². The van der Waals surface area contributed by atoms with E-state index >= 15 is 0 Å². The van der Waals surface area contributed by atoms with Crippen LogP contribution in [0.3, 0.4) is 0 Å². The van der Waals surface area contributed by atoms with Crippen LogP contribution >= 0.6 is 15.9 Å². The van der Waals surface area contributed by atoms with Crippen LogP contribution in [0.25, 0.3) is 43.8 Å². The maximum absolute atomic E-state index is 4.80. The van der Waals surface area contributed by atoms with Gasteiger partial charge in [0.15, 0.2) is 0 Å². The van der Waals surface area contributed by atoms with Crippen LogP contribution in [0.4, 0.5) is 0 Å². The van der Waals surface area contributed by atoms with Gasteiger partial charge in [-0.2, -0.15) is 5.10 Å². The lowest BCUT2D eigenvalue weighted by atomic mass is 10.0. The Balaban J connectivity index is 1.47. The summed E-state index contributed by atoms with van der Waals surface area (Å²) in [4.78, 5) is 9.36. The van der Waals surface area contributed by atoms with Gasteiger partial charge in [0, 0.05) is 50.7 Å². The van der Waals surface area contributed by atoms with Crippen molar-refractivity contribution < 1.29 is 0 Å². The third-order valence-electron chi connectivity index (χ3n) is 6.25.